The maximum Gasteiger partial charge on any atom is 0.280 e. The van der Waals surface area contributed by atoms with E-state index in [2.05, 4.69) is 10.3 Å². The van der Waals surface area contributed by atoms with Gasteiger partial charge in [0.1, 0.15) is 17.6 Å². The van der Waals surface area contributed by atoms with Crippen LogP contribution in [0.25, 0.3) is 11.3 Å². The molecule has 176 valence electrons. The number of aromatic nitrogens is 1. The number of benzene rings is 2. The van der Waals surface area contributed by atoms with Crippen molar-refractivity contribution in [1.29, 1.82) is 0 Å². The predicted octanol–water partition coefficient (Wildman–Crippen LogP) is 5.49. The first-order chi connectivity index (χ1) is 16.9. The van der Waals surface area contributed by atoms with Crippen LogP contribution in [0.5, 0.6) is 0 Å². The van der Waals surface area contributed by atoms with E-state index in [0.29, 0.717) is 22.2 Å². The summed E-state index contributed by atoms with van der Waals surface area (Å²) >= 11 is 5.76. The Labute approximate surface area is 208 Å². The Bertz CT molecular complexity index is 1370. The average molecular weight is 486 g/mol. The van der Waals surface area contributed by atoms with Crippen molar-refractivity contribution in [2.75, 3.05) is 23.9 Å². The lowest BCUT2D eigenvalue weighted by atomic mass is 10.0. The van der Waals surface area contributed by atoms with Gasteiger partial charge in [-0.1, -0.05) is 18.2 Å². The minimum Gasteiger partial charge on any atom is -0.459 e. The first-order valence-corrected chi connectivity index (χ1v) is 11.5. The molecule has 3 heterocycles. The molecule has 1 saturated heterocycles. The largest absolute Gasteiger partial charge is 0.459 e. The van der Waals surface area contributed by atoms with Gasteiger partial charge in [0.05, 0.1) is 22.2 Å². The number of hydrogen-bond donors (Lipinski definition) is 1. The first-order valence-electron chi connectivity index (χ1n) is 11.1. The lowest BCUT2D eigenvalue weighted by molar-refractivity contribution is -0.384. The third-order valence-electron chi connectivity index (χ3n) is 6.03. The highest BCUT2D eigenvalue weighted by Gasteiger charge is 2.42. The van der Waals surface area contributed by atoms with Gasteiger partial charge in [0.25, 0.3) is 5.69 Å². The summed E-state index contributed by atoms with van der Waals surface area (Å²) < 4.78 is 6.28. The maximum absolute atomic E-state index is 11.6. The molecule has 2 aromatic carbocycles. The van der Waals surface area contributed by atoms with Crippen molar-refractivity contribution in [3.8, 4) is 11.3 Å². The first kappa shape index (κ1) is 22.5. The monoisotopic (exact) mass is 485 g/mol. The Morgan fingerprint density at radius 2 is 1.77 bits per heavy atom. The van der Waals surface area contributed by atoms with Gasteiger partial charge in [-0.15, -0.1) is 0 Å². The summed E-state index contributed by atoms with van der Waals surface area (Å²) in [5, 5.41) is 15.5. The van der Waals surface area contributed by atoms with Crippen LogP contribution in [-0.4, -0.2) is 29.1 Å². The van der Waals surface area contributed by atoms with Crippen LogP contribution < -0.4 is 15.1 Å². The van der Waals surface area contributed by atoms with Gasteiger partial charge in [-0.3, -0.25) is 15.1 Å². The van der Waals surface area contributed by atoms with Crippen LogP contribution in [0.1, 0.15) is 23.5 Å². The fourth-order valence-corrected chi connectivity index (χ4v) is 4.68. The van der Waals surface area contributed by atoms with Crippen molar-refractivity contribution in [3.63, 3.8) is 0 Å². The Balaban J connectivity index is 1.60. The van der Waals surface area contributed by atoms with E-state index < -0.39 is 4.92 Å². The van der Waals surface area contributed by atoms with Crippen LogP contribution in [-0.2, 0) is 0 Å². The summed E-state index contributed by atoms with van der Waals surface area (Å²) in [4.78, 5) is 19.8. The van der Waals surface area contributed by atoms with Gasteiger partial charge in [0.15, 0.2) is 5.11 Å². The number of furan rings is 1. The minimum atomic E-state index is -0.404. The zero-order valence-corrected chi connectivity index (χ0v) is 20.0. The lowest BCUT2D eigenvalue weighted by Gasteiger charge is -2.26. The molecule has 2 aromatic heterocycles. The summed E-state index contributed by atoms with van der Waals surface area (Å²) in [6, 6.07) is 23.4. The maximum atomic E-state index is 11.6. The Morgan fingerprint density at radius 3 is 2.46 bits per heavy atom. The molecule has 0 aliphatic carbocycles. The number of rotatable bonds is 6. The summed E-state index contributed by atoms with van der Waals surface area (Å²) in [5.74, 6) is 1.05. The van der Waals surface area contributed by atoms with Crippen LogP contribution in [0.3, 0.4) is 0 Å². The quantitative estimate of drug-likeness (QED) is 0.218. The third-order valence-corrected chi connectivity index (χ3v) is 6.34. The number of pyridine rings is 1. The van der Waals surface area contributed by atoms with E-state index in [1.165, 1.54) is 6.07 Å². The molecule has 0 amide bonds. The van der Waals surface area contributed by atoms with E-state index in [1.807, 2.05) is 72.4 Å². The SMILES string of the molecule is CN(C)c1ccc(N2C(=S)N[C@H](c3ccccn3)[C@@H]2c2ccc(-c3ccccc3[N+](=O)[O-])o2)cc1. The molecule has 1 N–H and O–H groups in total. The van der Waals surface area contributed by atoms with E-state index >= 15 is 0 Å². The molecule has 5 rings (SSSR count). The van der Waals surface area contributed by atoms with Crippen molar-refractivity contribution < 1.29 is 9.34 Å². The summed E-state index contributed by atoms with van der Waals surface area (Å²) in [5.41, 5.74) is 3.21. The molecule has 9 heteroatoms. The van der Waals surface area contributed by atoms with Crippen LogP contribution in [0, 0.1) is 10.1 Å². The number of thiocarbonyl (C=S) groups is 1. The number of para-hydroxylation sites is 1. The van der Waals surface area contributed by atoms with E-state index in [-0.39, 0.29) is 17.8 Å². The smallest absolute Gasteiger partial charge is 0.280 e. The molecule has 2 atom stereocenters. The van der Waals surface area contributed by atoms with E-state index in [9.17, 15) is 10.1 Å². The van der Waals surface area contributed by atoms with Crippen LogP contribution in [0.4, 0.5) is 17.1 Å². The highest BCUT2D eigenvalue weighted by atomic mass is 32.1. The highest BCUT2D eigenvalue weighted by molar-refractivity contribution is 7.80. The Hall–Kier alpha value is -4.24. The molecule has 1 fully saturated rings. The molecule has 35 heavy (non-hydrogen) atoms. The number of nitro benzene ring substituents is 1. The molecule has 0 saturated carbocycles. The van der Waals surface area contributed by atoms with Gasteiger partial charge >= 0.3 is 0 Å². The van der Waals surface area contributed by atoms with E-state index in [4.69, 9.17) is 16.6 Å². The molecule has 0 unspecified atom stereocenters. The van der Waals surface area contributed by atoms with Crippen molar-refractivity contribution in [2.24, 2.45) is 0 Å². The molecule has 0 radical (unpaired) electrons. The van der Waals surface area contributed by atoms with Crippen molar-refractivity contribution in [1.82, 2.24) is 10.3 Å². The fraction of sp³-hybridized carbons (Fsp3) is 0.154. The van der Waals surface area contributed by atoms with Crippen LogP contribution in [0.15, 0.2) is 89.5 Å². The standard InChI is InChI=1S/C26H23N5O3S/c1-29(2)17-10-12-18(13-11-17)30-25(24(28-26(30)35)20-8-5-6-16-27-20)23-15-14-22(34-23)19-7-3-4-9-21(19)31(32)33/h3-16,24-25H,1-2H3,(H,28,35)/t24-,25+/m1/s1. The van der Waals surface area contributed by atoms with Crippen molar-refractivity contribution in [3.05, 3.63) is 107 Å². The average Bonchev–Trinajstić information content (AvgIpc) is 3.49. The second-order valence-electron chi connectivity index (χ2n) is 8.38. The molecule has 4 aromatic rings. The number of hydrogen-bond acceptors (Lipinski definition) is 6. The Kier molecular flexibility index (Phi) is 5.92. The molecular weight excluding hydrogens is 462 g/mol. The molecule has 1 aliphatic rings. The number of nitrogens with one attached hydrogen (secondary N) is 1. The van der Waals surface area contributed by atoms with Crippen LogP contribution >= 0.6 is 12.2 Å². The molecule has 8 nitrogen and oxygen atoms in total. The van der Waals surface area contributed by atoms with Gasteiger partial charge in [-0.05, 0) is 66.8 Å². The van der Waals surface area contributed by atoms with Gasteiger partial charge in [-0.25, -0.2) is 0 Å². The second kappa shape index (κ2) is 9.19. The van der Waals surface area contributed by atoms with Gasteiger partial charge < -0.3 is 19.5 Å². The Morgan fingerprint density at radius 1 is 1.03 bits per heavy atom. The summed E-state index contributed by atoms with van der Waals surface area (Å²) in [7, 11) is 3.98. The zero-order valence-electron chi connectivity index (χ0n) is 19.2. The van der Waals surface area contributed by atoms with Gasteiger partial charge in [0, 0.05) is 37.7 Å². The topological polar surface area (TPSA) is 87.7 Å². The predicted molar refractivity (Wildman–Crippen MR) is 139 cm³/mol. The lowest BCUT2D eigenvalue weighted by Crippen LogP contribution is -2.29. The zero-order chi connectivity index (χ0) is 24.5. The number of nitrogens with zero attached hydrogens (tertiary/aromatic N) is 4. The third kappa shape index (κ3) is 4.22. The molecule has 0 spiro atoms. The molecular formula is C26H23N5O3S. The fourth-order valence-electron chi connectivity index (χ4n) is 4.33. The van der Waals surface area contributed by atoms with Crippen molar-refractivity contribution in [2.45, 2.75) is 12.1 Å². The van der Waals surface area contributed by atoms with Crippen molar-refractivity contribution >= 4 is 34.4 Å². The molecule has 1 aliphatic heterocycles. The second-order valence-corrected chi connectivity index (χ2v) is 8.77. The van der Waals surface area contributed by atoms with E-state index in [0.717, 1.165) is 17.1 Å². The number of anilines is 2. The van der Waals surface area contributed by atoms with Gasteiger partial charge in [-0.2, -0.15) is 0 Å². The van der Waals surface area contributed by atoms with E-state index in [1.54, 1.807) is 30.5 Å². The summed E-state index contributed by atoms with van der Waals surface area (Å²) in [6.45, 7) is 0. The van der Waals surface area contributed by atoms with Gasteiger partial charge in [0.2, 0.25) is 0 Å². The normalized spacial score (nSPS) is 17.3. The number of nitro groups is 1. The minimum absolute atomic E-state index is 0.00845. The molecule has 0 bridgehead atoms. The summed E-state index contributed by atoms with van der Waals surface area (Å²) in [6.07, 6.45) is 1.74. The highest BCUT2D eigenvalue weighted by Crippen LogP contribution is 2.43. The van der Waals surface area contributed by atoms with Crippen LogP contribution in [0.2, 0.25) is 0 Å².